The molecule has 0 aromatic carbocycles. The fraction of sp³-hybridized carbons (Fsp3) is 0. The van der Waals surface area contributed by atoms with E-state index in [9.17, 15) is 9.90 Å². The molecule has 4 rings (SSSR count). The third kappa shape index (κ3) is 2.32. The largest absolute Gasteiger partial charge is 0.477 e. The molecule has 0 saturated carbocycles. The average molecular weight is 354 g/mol. The summed E-state index contributed by atoms with van der Waals surface area (Å²) in [6.07, 6.45) is 3.33. The standard InChI is InChI=1S/C16H10N4O2S2/c17-11-10-12(9-3-6-23-7-9)19-14(8-1-4-18-5-2-8)20-15(10)24-13(11)16(21)22/h1-7H,17H2,(H,21,22). The number of hydrogen-bond acceptors (Lipinski definition) is 7. The van der Waals surface area contributed by atoms with Crippen molar-refractivity contribution in [1.82, 2.24) is 15.0 Å². The van der Waals surface area contributed by atoms with Crippen LogP contribution in [0.1, 0.15) is 9.67 Å². The Morgan fingerprint density at radius 2 is 1.92 bits per heavy atom. The molecule has 0 saturated heterocycles. The van der Waals surface area contributed by atoms with Crippen molar-refractivity contribution in [1.29, 1.82) is 0 Å². The zero-order valence-electron chi connectivity index (χ0n) is 12.1. The minimum atomic E-state index is -1.06. The van der Waals surface area contributed by atoms with Gasteiger partial charge in [0, 0.05) is 28.9 Å². The molecule has 0 aliphatic heterocycles. The Hall–Kier alpha value is -2.84. The molecule has 4 aromatic heterocycles. The van der Waals surface area contributed by atoms with Gasteiger partial charge < -0.3 is 10.8 Å². The van der Waals surface area contributed by atoms with Crippen molar-refractivity contribution in [3.8, 4) is 22.6 Å². The van der Waals surface area contributed by atoms with Crippen molar-refractivity contribution in [3.63, 3.8) is 0 Å². The summed E-state index contributed by atoms with van der Waals surface area (Å²) < 4.78 is 0. The number of thiophene rings is 2. The molecule has 4 aromatic rings. The average Bonchev–Trinajstić information content (AvgIpc) is 3.23. The van der Waals surface area contributed by atoms with Gasteiger partial charge in [0.15, 0.2) is 5.82 Å². The van der Waals surface area contributed by atoms with E-state index in [0.29, 0.717) is 21.7 Å². The lowest BCUT2D eigenvalue weighted by molar-refractivity contribution is 0.0703. The van der Waals surface area contributed by atoms with Gasteiger partial charge in [-0.25, -0.2) is 14.8 Å². The van der Waals surface area contributed by atoms with Gasteiger partial charge in [0.25, 0.3) is 0 Å². The van der Waals surface area contributed by atoms with E-state index >= 15 is 0 Å². The molecule has 8 heteroatoms. The SMILES string of the molecule is Nc1c(C(=O)O)sc2nc(-c3ccncc3)nc(-c3ccsc3)c12. The summed E-state index contributed by atoms with van der Waals surface area (Å²) in [4.78, 5) is 25.2. The number of fused-ring (bicyclic) bond motifs is 1. The van der Waals surface area contributed by atoms with Crippen LogP contribution < -0.4 is 5.73 Å². The van der Waals surface area contributed by atoms with Crippen LogP contribution in [0, 0.1) is 0 Å². The van der Waals surface area contributed by atoms with Crippen molar-refractivity contribution in [2.75, 3.05) is 5.73 Å². The van der Waals surface area contributed by atoms with Gasteiger partial charge in [-0.1, -0.05) is 0 Å². The van der Waals surface area contributed by atoms with E-state index in [2.05, 4.69) is 15.0 Å². The summed E-state index contributed by atoms with van der Waals surface area (Å²) >= 11 is 2.60. The molecule has 0 bridgehead atoms. The maximum atomic E-state index is 11.4. The number of carboxylic acid groups (broad SMARTS) is 1. The van der Waals surface area contributed by atoms with Crippen LogP contribution in [0.3, 0.4) is 0 Å². The highest BCUT2D eigenvalue weighted by atomic mass is 32.1. The Balaban J connectivity index is 2.07. The quantitative estimate of drug-likeness (QED) is 0.581. The number of aromatic nitrogens is 3. The number of anilines is 1. The fourth-order valence-electron chi connectivity index (χ4n) is 2.42. The number of carbonyl (C=O) groups is 1. The highest BCUT2D eigenvalue weighted by Crippen LogP contribution is 2.39. The molecule has 0 atom stereocenters. The maximum absolute atomic E-state index is 11.4. The molecule has 4 heterocycles. The molecule has 24 heavy (non-hydrogen) atoms. The first-order chi connectivity index (χ1) is 11.6. The van der Waals surface area contributed by atoms with Crippen molar-refractivity contribution in [3.05, 3.63) is 46.2 Å². The zero-order valence-corrected chi connectivity index (χ0v) is 13.8. The highest BCUT2D eigenvalue weighted by molar-refractivity contribution is 7.21. The van der Waals surface area contributed by atoms with Gasteiger partial charge in [-0.05, 0) is 23.6 Å². The number of nitrogens with zero attached hydrogens (tertiary/aromatic N) is 3. The van der Waals surface area contributed by atoms with Crippen molar-refractivity contribution >= 4 is 44.5 Å². The number of aromatic carboxylic acids is 1. The fourth-order valence-corrected chi connectivity index (χ4v) is 3.99. The van der Waals surface area contributed by atoms with Crippen LogP contribution in [0.4, 0.5) is 5.69 Å². The number of carboxylic acids is 1. The van der Waals surface area contributed by atoms with Gasteiger partial charge >= 0.3 is 5.97 Å². The van der Waals surface area contributed by atoms with E-state index in [-0.39, 0.29) is 10.6 Å². The molecule has 6 nitrogen and oxygen atoms in total. The Morgan fingerprint density at radius 1 is 1.12 bits per heavy atom. The lowest BCUT2D eigenvalue weighted by Crippen LogP contribution is -1.98. The molecule has 0 unspecified atom stereocenters. The summed E-state index contributed by atoms with van der Waals surface area (Å²) in [5, 5.41) is 13.8. The second-order valence-corrected chi connectivity index (χ2v) is 6.75. The molecule has 0 aliphatic rings. The minimum Gasteiger partial charge on any atom is -0.477 e. The van der Waals surface area contributed by atoms with E-state index in [4.69, 9.17) is 5.73 Å². The van der Waals surface area contributed by atoms with Gasteiger partial charge in [0.2, 0.25) is 0 Å². The highest BCUT2D eigenvalue weighted by Gasteiger charge is 2.22. The Bertz CT molecular complexity index is 1040. The van der Waals surface area contributed by atoms with E-state index in [1.807, 2.05) is 29.0 Å². The van der Waals surface area contributed by atoms with Crippen molar-refractivity contribution in [2.24, 2.45) is 0 Å². The molecule has 0 amide bonds. The molecular formula is C16H10N4O2S2. The molecule has 0 radical (unpaired) electrons. The predicted octanol–water partition coefficient (Wildman–Crippen LogP) is 3.76. The monoisotopic (exact) mass is 354 g/mol. The number of nitrogens with two attached hydrogens (primary N) is 1. The first kappa shape index (κ1) is 14.7. The first-order valence-electron chi connectivity index (χ1n) is 6.91. The Kier molecular flexibility index (Phi) is 3.47. The van der Waals surface area contributed by atoms with E-state index in [0.717, 1.165) is 22.5 Å². The second kappa shape index (κ2) is 5.66. The van der Waals surface area contributed by atoms with Gasteiger partial charge in [0.1, 0.15) is 9.71 Å². The lowest BCUT2D eigenvalue weighted by atomic mass is 10.1. The number of hydrogen-bond donors (Lipinski definition) is 2. The smallest absolute Gasteiger partial charge is 0.348 e. The molecular weight excluding hydrogens is 344 g/mol. The first-order valence-corrected chi connectivity index (χ1v) is 8.67. The summed E-state index contributed by atoms with van der Waals surface area (Å²) in [6, 6.07) is 5.56. The van der Waals surface area contributed by atoms with Crippen LogP contribution in [-0.4, -0.2) is 26.0 Å². The van der Waals surface area contributed by atoms with E-state index < -0.39 is 5.97 Å². The zero-order chi connectivity index (χ0) is 16.7. The van der Waals surface area contributed by atoms with Crippen LogP contribution >= 0.6 is 22.7 Å². The Labute approximate surface area is 144 Å². The third-order valence-electron chi connectivity index (χ3n) is 3.52. The summed E-state index contributed by atoms with van der Waals surface area (Å²) in [6.45, 7) is 0. The van der Waals surface area contributed by atoms with Gasteiger partial charge in [0.05, 0.1) is 16.8 Å². The number of nitrogen functional groups attached to an aromatic ring is 1. The van der Waals surface area contributed by atoms with E-state index in [1.54, 1.807) is 12.4 Å². The van der Waals surface area contributed by atoms with Crippen LogP contribution in [0.25, 0.3) is 32.9 Å². The minimum absolute atomic E-state index is 0.0858. The summed E-state index contributed by atoms with van der Waals surface area (Å²) in [5.74, 6) is -0.540. The predicted molar refractivity (Wildman–Crippen MR) is 95.3 cm³/mol. The van der Waals surface area contributed by atoms with Crippen LogP contribution in [0.15, 0.2) is 41.4 Å². The van der Waals surface area contributed by atoms with E-state index in [1.165, 1.54) is 11.3 Å². The lowest BCUT2D eigenvalue weighted by Gasteiger charge is -2.06. The molecule has 118 valence electrons. The molecule has 3 N–H and O–H groups in total. The third-order valence-corrected chi connectivity index (χ3v) is 5.29. The second-order valence-electron chi connectivity index (χ2n) is 4.97. The molecule has 0 fully saturated rings. The summed E-state index contributed by atoms with van der Waals surface area (Å²) in [5.41, 5.74) is 8.64. The maximum Gasteiger partial charge on any atom is 0.348 e. The topological polar surface area (TPSA) is 102 Å². The normalized spacial score (nSPS) is 11.0. The number of rotatable bonds is 3. The molecule has 0 spiro atoms. The molecule has 0 aliphatic carbocycles. The van der Waals surface area contributed by atoms with Crippen LogP contribution in [0.5, 0.6) is 0 Å². The summed E-state index contributed by atoms with van der Waals surface area (Å²) in [7, 11) is 0. The Morgan fingerprint density at radius 3 is 2.58 bits per heavy atom. The van der Waals surface area contributed by atoms with Crippen molar-refractivity contribution in [2.45, 2.75) is 0 Å². The van der Waals surface area contributed by atoms with Gasteiger partial charge in [-0.3, -0.25) is 4.98 Å². The number of pyridine rings is 1. The van der Waals surface area contributed by atoms with Gasteiger partial charge in [-0.2, -0.15) is 11.3 Å². The van der Waals surface area contributed by atoms with Crippen LogP contribution in [-0.2, 0) is 0 Å². The van der Waals surface area contributed by atoms with Gasteiger partial charge in [-0.15, -0.1) is 11.3 Å². The van der Waals surface area contributed by atoms with Crippen LogP contribution in [0.2, 0.25) is 0 Å². The van der Waals surface area contributed by atoms with Crippen molar-refractivity contribution < 1.29 is 9.90 Å².